The molecule has 0 saturated carbocycles. The molecule has 156 valence electrons. The predicted octanol–water partition coefficient (Wildman–Crippen LogP) is 3.75. The lowest BCUT2D eigenvalue weighted by Crippen LogP contribution is -2.37. The summed E-state index contributed by atoms with van der Waals surface area (Å²) in [5.74, 6) is -1.49. The molecule has 4 rings (SSSR count). The Kier molecular flexibility index (Phi) is 4.68. The van der Waals surface area contributed by atoms with E-state index >= 15 is 0 Å². The molecular formula is C21H16F3NO5. The molecule has 0 aromatic heterocycles. The standard InChI is InChI=1S/C21H16F3NO5/c1-29-17-8-11(2-7-16(17)26)14-9-18(27)25(15-10-30-20(28)19(14)15)13-5-3-12(4-6-13)21(22,23)24/h2-8,14,26H,9-10H2,1H3. The number of aromatic hydroxyl groups is 1. The van der Waals surface area contributed by atoms with Crippen molar-refractivity contribution >= 4 is 17.6 Å². The van der Waals surface area contributed by atoms with Crippen molar-refractivity contribution in [3.8, 4) is 11.5 Å². The fraction of sp³-hybridized carbons (Fsp3) is 0.238. The Morgan fingerprint density at radius 2 is 1.83 bits per heavy atom. The van der Waals surface area contributed by atoms with Gasteiger partial charge in [-0.25, -0.2) is 4.79 Å². The number of ether oxygens (including phenoxy) is 2. The summed E-state index contributed by atoms with van der Waals surface area (Å²) in [6, 6.07) is 8.68. The zero-order valence-corrected chi connectivity index (χ0v) is 15.7. The lowest BCUT2D eigenvalue weighted by Gasteiger charge is -2.32. The second-order valence-electron chi connectivity index (χ2n) is 6.90. The van der Waals surface area contributed by atoms with Gasteiger partial charge in [0.25, 0.3) is 0 Å². The Morgan fingerprint density at radius 3 is 2.47 bits per heavy atom. The number of methoxy groups -OCH3 is 1. The molecule has 0 radical (unpaired) electrons. The minimum Gasteiger partial charge on any atom is -0.504 e. The summed E-state index contributed by atoms with van der Waals surface area (Å²) in [5, 5.41) is 9.81. The molecule has 0 bridgehead atoms. The van der Waals surface area contributed by atoms with Crippen LogP contribution in [0.1, 0.15) is 23.5 Å². The molecular weight excluding hydrogens is 403 g/mol. The molecule has 1 unspecified atom stereocenters. The molecule has 2 aliphatic rings. The van der Waals surface area contributed by atoms with Crippen LogP contribution in [0.2, 0.25) is 0 Å². The molecule has 2 aromatic carbocycles. The van der Waals surface area contributed by atoms with Crippen molar-refractivity contribution in [1.29, 1.82) is 0 Å². The molecule has 1 N–H and O–H groups in total. The number of carbonyl (C=O) groups excluding carboxylic acids is 2. The van der Waals surface area contributed by atoms with Gasteiger partial charge in [0.2, 0.25) is 5.91 Å². The zero-order valence-electron chi connectivity index (χ0n) is 15.7. The van der Waals surface area contributed by atoms with Gasteiger partial charge in [-0.3, -0.25) is 9.69 Å². The van der Waals surface area contributed by atoms with Gasteiger partial charge in [0.15, 0.2) is 11.5 Å². The fourth-order valence-corrected chi connectivity index (χ4v) is 3.75. The van der Waals surface area contributed by atoms with Crippen LogP contribution in [0.4, 0.5) is 18.9 Å². The normalized spacial score (nSPS) is 19.1. The van der Waals surface area contributed by atoms with Gasteiger partial charge in [0.05, 0.1) is 23.9 Å². The first-order valence-corrected chi connectivity index (χ1v) is 8.98. The quantitative estimate of drug-likeness (QED) is 0.767. The molecule has 30 heavy (non-hydrogen) atoms. The second-order valence-corrected chi connectivity index (χ2v) is 6.90. The third-order valence-corrected chi connectivity index (χ3v) is 5.18. The Morgan fingerprint density at radius 1 is 1.13 bits per heavy atom. The number of carbonyl (C=O) groups is 2. The summed E-state index contributed by atoms with van der Waals surface area (Å²) in [4.78, 5) is 26.6. The number of esters is 1. The third kappa shape index (κ3) is 3.26. The van der Waals surface area contributed by atoms with Crippen molar-refractivity contribution in [2.75, 3.05) is 18.6 Å². The van der Waals surface area contributed by atoms with Crippen LogP contribution >= 0.6 is 0 Å². The van der Waals surface area contributed by atoms with E-state index in [1.807, 2.05) is 0 Å². The number of anilines is 1. The molecule has 2 aliphatic heterocycles. The highest BCUT2D eigenvalue weighted by Crippen LogP contribution is 2.43. The molecule has 0 spiro atoms. The first-order valence-electron chi connectivity index (χ1n) is 8.98. The number of cyclic esters (lactones) is 1. The van der Waals surface area contributed by atoms with Gasteiger partial charge < -0.3 is 14.6 Å². The monoisotopic (exact) mass is 419 g/mol. The highest BCUT2D eigenvalue weighted by molar-refractivity contribution is 6.06. The van der Waals surface area contributed by atoms with Crippen molar-refractivity contribution in [3.63, 3.8) is 0 Å². The van der Waals surface area contributed by atoms with Gasteiger partial charge in [-0.15, -0.1) is 0 Å². The van der Waals surface area contributed by atoms with Gasteiger partial charge in [-0.1, -0.05) is 6.07 Å². The molecule has 9 heteroatoms. The van der Waals surface area contributed by atoms with Crippen molar-refractivity contribution in [1.82, 2.24) is 0 Å². The molecule has 1 amide bonds. The molecule has 2 heterocycles. The number of rotatable bonds is 3. The maximum Gasteiger partial charge on any atom is 0.416 e. The van der Waals surface area contributed by atoms with Crippen LogP contribution in [0, 0.1) is 0 Å². The van der Waals surface area contributed by atoms with Crippen molar-refractivity contribution < 1.29 is 37.3 Å². The summed E-state index contributed by atoms with van der Waals surface area (Å²) in [5.41, 5.74) is 0.532. The Balaban J connectivity index is 1.77. The van der Waals surface area contributed by atoms with E-state index in [1.165, 1.54) is 36.3 Å². The number of halogens is 3. The average Bonchev–Trinajstić information content (AvgIpc) is 3.08. The highest BCUT2D eigenvalue weighted by Gasteiger charge is 2.43. The van der Waals surface area contributed by atoms with Gasteiger partial charge in [0.1, 0.15) is 6.61 Å². The Bertz CT molecular complexity index is 1060. The largest absolute Gasteiger partial charge is 0.504 e. The van der Waals surface area contributed by atoms with Crippen LogP contribution in [0.25, 0.3) is 0 Å². The molecule has 6 nitrogen and oxygen atoms in total. The number of hydrogen-bond donors (Lipinski definition) is 1. The first-order chi connectivity index (χ1) is 14.2. The maximum absolute atomic E-state index is 13.0. The number of phenols is 1. The zero-order chi connectivity index (χ0) is 21.6. The van der Waals surface area contributed by atoms with E-state index in [1.54, 1.807) is 6.07 Å². The van der Waals surface area contributed by atoms with E-state index in [4.69, 9.17) is 9.47 Å². The van der Waals surface area contributed by atoms with E-state index in [9.17, 15) is 27.9 Å². The van der Waals surface area contributed by atoms with E-state index in [2.05, 4.69) is 0 Å². The van der Waals surface area contributed by atoms with E-state index in [0.29, 0.717) is 11.3 Å². The summed E-state index contributed by atoms with van der Waals surface area (Å²) in [7, 11) is 1.38. The smallest absolute Gasteiger partial charge is 0.416 e. The second kappa shape index (κ2) is 7.08. The van der Waals surface area contributed by atoms with Crippen LogP contribution in [0.3, 0.4) is 0 Å². The van der Waals surface area contributed by atoms with Crippen LogP contribution < -0.4 is 9.64 Å². The lowest BCUT2D eigenvalue weighted by molar-refractivity contribution is -0.138. The number of hydrogen-bond acceptors (Lipinski definition) is 5. The average molecular weight is 419 g/mol. The predicted molar refractivity (Wildman–Crippen MR) is 98.9 cm³/mol. The number of alkyl halides is 3. The number of amides is 1. The van der Waals surface area contributed by atoms with Gasteiger partial charge in [0, 0.05) is 18.0 Å². The minimum atomic E-state index is -4.50. The third-order valence-electron chi connectivity index (χ3n) is 5.18. The lowest BCUT2D eigenvalue weighted by atomic mass is 9.84. The number of benzene rings is 2. The SMILES string of the molecule is COc1cc(C2CC(=O)N(c3ccc(C(F)(F)F)cc3)C3=C2C(=O)OC3)ccc1O. The molecule has 2 aromatic rings. The van der Waals surface area contributed by atoms with Crippen LogP contribution in [0.5, 0.6) is 11.5 Å². The summed E-state index contributed by atoms with van der Waals surface area (Å²) in [6.45, 7) is -0.160. The summed E-state index contributed by atoms with van der Waals surface area (Å²) < 4.78 is 48.8. The minimum absolute atomic E-state index is 0.0852. The van der Waals surface area contributed by atoms with Crippen molar-refractivity contribution in [3.05, 3.63) is 64.9 Å². The Hall–Kier alpha value is -3.49. The number of nitrogens with zero attached hydrogens (tertiary/aromatic N) is 1. The van der Waals surface area contributed by atoms with Crippen LogP contribution in [-0.2, 0) is 20.5 Å². The molecule has 1 atom stereocenters. The van der Waals surface area contributed by atoms with Crippen LogP contribution in [-0.4, -0.2) is 30.7 Å². The van der Waals surface area contributed by atoms with Gasteiger partial charge in [-0.05, 0) is 42.0 Å². The maximum atomic E-state index is 13.0. The Labute approximate surface area is 169 Å². The first kappa shape index (κ1) is 19.8. The summed E-state index contributed by atoms with van der Waals surface area (Å²) in [6.07, 6.45) is -4.59. The summed E-state index contributed by atoms with van der Waals surface area (Å²) >= 11 is 0. The van der Waals surface area contributed by atoms with E-state index in [0.717, 1.165) is 12.1 Å². The topological polar surface area (TPSA) is 76.1 Å². The molecule has 0 fully saturated rings. The fourth-order valence-electron chi connectivity index (χ4n) is 3.75. The van der Waals surface area contributed by atoms with Gasteiger partial charge in [-0.2, -0.15) is 13.2 Å². The van der Waals surface area contributed by atoms with Crippen molar-refractivity contribution in [2.24, 2.45) is 0 Å². The van der Waals surface area contributed by atoms with E-state index in [-0.39, 0.29) is 41.7 Å². The van der Waals surface area contributed by atoms with E-state index < -0.39 is 23.6 Å². The van der Waals surface area contributed by atoms with Crippen LogP contribution in [0.15, 0.2) is 53.7 Å². The van der Waals surface area contributed by atoms with Gasteiger partial charge >= 0.3 is 12.1 Å². The van der Waals surface area contributed by atoms with Crippen molar-refractivity contribution in [2.45, 2.75) is 18.5 Å². The number of phenolic OH excluding ortho intramolecular Hbond substituents is 1. The molecule has 0 saturated heterocycles. The highest BCUT2D eigenvalue weighted by atomic mass is 19.4. The molecule has 0 aliphatic carbocycles.